The maximum Gasteiger partial charge on any atom is 0.248 e. The molecule has 1 aromatic carbocycles. The molecule has 1 aliphatic rings. The molecule has 0 atom stereocenters. The predicted molar refractivity (Wildman–Crippen MR) is 77.4 cm³/mol. The summed E-state index contributed by atoms with van der Waals surface area (Å²) in [5.74, 6) is 1.11. The van der Waals surface area contributed by atoms with Crippen LogP contribution in [0, 0.1) is 0 Å². The van der Waals surface area contributed by atoms with Gasteiger partial charge in [-0.2, -0.15) is 11.8 Å². The maximum absolute atomic E-state index is 11.3. The molecule has 1 heterocycles. The lowest BCUT2D eigenvalue weighted by atomic mass is 10.1. The molecule has 1 aromatic rings. The summed E-state index contributed by atoms with van der Waals surface area (Å²) in [4.78, 5) is 22.5. The Balaban J connectivity index is 2.22. The Labute approximate surface area is 116 Å². The van der Waals surface area contributed by atoms with Gasteiger partial charge in [0.15, 0.2) is 0 Å². The molecule has 2 rings (SSSR count). The van der Waals surface area contributed by atoms with Crippen molar-refractivity contribution in [3.05, 3.63) is 29.3 Å². The average molecular weight is 279 g/mol. The molecule has 0 aromatic heterocycles. The second kappa shape index (κ2) is 5.97. The second-order valence-corrected chi connectivity index (χ2v) is 5.78. The lowest BCUT2D eigenvalue weighted by Gasteiger charge is -2.24. The number of carbonyl (C=O) groups is 2. The zero-order valence-electron chi connectivity index (χ0n) is 10.5. The standard InChI is InChI=1S/C13H17N3O2S/c14-12(17)8-5-9(13(15)18)7-11(6-8)16-10-1-3-19-4-2-10/h5-7,10,16H,1-4H2,(H2,14,17)(H2,15,18). The van der Waals surface area contributed by atoms with E-state index in [1.807, 2.05) is 11.8 Å². The highest BCUT2D eigenvalue weighted by molar-refractivity contribution is 7.99. The first-order valence-corrected chi connectivity index (χ1v) is 7.30. The van der Waals surface area contributed by atoms with Crippen LogP contribution in [0.1, 0.15) is 33.6 Å². The summed E-state index contributed by atoms with van der Waals surface area (Å²) in [5.41, 5.74) is 11.8. The van der Waals surface area contributed by atoms with E-state index in [-0.39, 0.29) is 0 Å². The number of nitrogens with one attached hydrogen (secondary N) is 1. The van der Waals surface area contributed by atoms with E-state index in [0.29, 0.717) is 17.2 Å². The van der Waals surface area contributed by atoms with Crippen LogP contribution in [-0.2, 0) is 0 Å². The summed E-state index contributed by atoms with van der Waals surface area (Å²) in [6.07, 6.45) is 2.13. The summed E-state index contributed by atoms with van der Waals surface area (Å²) in [6, 6.07) is 5.12. The molecule has 0 bridgehead atoms. The van der Waals surface area contributed by atoms with Crippen molar-refractivity contribution in [2.45, 2.75) is 18.9 Å². The van der Waals surface area contributed by atoms with E-state index in [2.05, 4.69) is 5.32 Å². The summed E-state index contributed by atoms with van der Waals surface area (Å²) in [5, 5.41) is 3.34. The topological polar surface area (TPSA) is 98.2 Å². The Hall–Kier alpha value is -1.69. The van der Waals surface area contributed by atoms with Crippen LogP contribution in [0.5, 0.6) is 0 Å². The molecule has 19 heavy (non-hydrogen) atoms. The molecular weight excluding hydrogens is 262 g/mol. The number of hydrogen-bond donors (Lipinski definition) is 3. The minimum Gasteiger partial charge on any atom is -0.382 e. The van der Waals surface area contributed by atoms with E-state index in [1.165, 1.54) is 6.07 Å². The highest BCUT2D eigenvalue weighted by atomic mass is 32.2. The van der Waals surface area contributed by atoms with Gasteiger partial charge >= 0.3 is 0 Å². The molecular formula is C13H17N3O2S. The Morgan fingerprint density at radius 2 is 1.58 bits per heavy atom. The van der Waals surface area contributed by atoms with Gasteiger partial charge in [-0.25, -0.2) is 0 Å². The van der Waals surface area contributed by atoms with Crippen LogP contribution < -0.4 is 16.8 Å². The minimum absolute atomic E-state index is 0.295. The van der Waals surface area contributed by atoms with Crippen molar-refractivity contribution in [3.8, 4) is 0 Å². The predicted octanol–water partition coefficient (Wildman–Crippen LogP) is 1.19. The van der Waals surface area contributed by atoms with Crippen LogP contribution in [0.15, 0.2) is 18.2 Å². The van der Waals surface area contributed by atoms with Crippen molar-refractivity contribution >= 4 is 29.3 Å². The third kappa shape index (κ3) is 3.64. The monoisotopic (exact) mass is 279 g/mol. The van der Waals surface area contributed by atoms with Crippen molar-refractivity contribution in [1.29, 1.82) is 0 Å². The lowest BCUT2D eigenvalue weighted by Crippen LogP contribution is -2.25. The van der Waals surface area contributed by atoms with Crippen molar-refractivity contribution in [2.75, 3.05) is 16.8 Å². The van der Waals surface area contributed by atoms with Crippen LogP contribution in [0.25, 0.3) is 0 Å². The van der Waals surface area contributed by atoms with Gasteiger partial charge in [0, 0.05) is 22.9 Å². The number of thioether (sulfide) groups is 1. The molecule has 2 amide bonds. The third-order valence-corrected chi connectivity index (χ3v) is 4.14. The number of carbonyl (C=O) groups excluding carboxylic acids is 2. The first-order valence-electron chi connectivity index (χ1n) is 6.15. The Bertz CT molecular complexity index is 466. The zero-order chi connectivity index (χ0) is 13.8. The molecule has 0 spiro atoms. The number of anilines is 1. The van der Waals surface area contributed by atoms with Crippen LogP contribution in [-0.4, -0.2) is 29.4 Å². The number of primary amides is 2. The number of benzene rings is 1. The van der Waals surface area contributed by atoms with E-state index in [0.717, 1.165) is 30.0 Å². The second-order valence-electron chi connectivity index (χ2n) is 4.56. The fraction of sp³-hybridized carbons (Fsp3) is 0.385. The quantitative estimate of drug-likeness (QED) is 0.771. The van der Waals surface area contributed by atoms with E-state index >= 15 is 0 Å². The zero-order valence-corrected chi connectivity index (χ0v) is 11.3. The van der Waals surface area contributed by atoms with Crippen molar-refractivity contribution < 1.29 is 9.59 Å². The largest absolute Gasteiger partial charge is 0.382 e. The highest BCUT2D eigenvalue weighted by Crippen LogP contribution is 2.22. The number of hydrogen-bond acceptors (Lipinski definition) is 4. The van der Waals surface area contributed by atoms with Gasteiger partial charge in [0.2, 0.25) is 11.8 Å². The average Bonchev–Trinajstić information content (AvgIpc) is 2.39. The summed E-state index contributed by atoms with van der Waals surface area (Å²) in [7, 11) is 0. The summed E-state index contributed by atoms with van der Waals surface area (Å²) in [6.45, 7) is 0. The molecule has 6 heteroatoms. The smallest absolute Gasteiger partial charge is 0.248 e. The molecule has 0 aliphatic carbocycles. The van der Waals surface area contributed by atoms with Gasteiger partial charge < -0.3 is 16.8 Å². The van der Waals surface area contributed by atoms with Crippen LogP contribution in [0.2, 0.25) is 0 Å². The van der Waals surface area contributed by atoms with E-state index in [4.69, 9.17) is 11.5 Å². The van der Waals surface area contributed by atoms with Gasteiger partial charge in [0.25, 0.3) is 0 Å². The van der Waals surface area contributed by atoms with Gasteiger partial charge in [-0.15, -0.1) is 0 Å². The molecule has 0 radical (unpaired) electrons. The molecule has 5 N–H and O–H groups in total. The van der Waals surface area contributed by atoms with Crippen molar-refractivity contribution in [3.63, 3.8) is 0 Å². The van der Waals surface area contributed by atoms with Gasteiger partial charge in [0.05, 0.1) is 0 Å². The molecule has 102 valence electrons. The number of rotatable bonds is 4. The van der Waals surface area contributed by atoms with Crippen LogP contribution in [0.3, 0.4) is 0 Å². The van der Waals surface area contributed by atoms with Gasteiger partial charge in [-0.3, -0.25) is 9.59 Å². The van der Waals surface area contributed by atoms with Gasteiger partial charge in [0.1, 0.15) is 0 Å². The molecule has 0 saturated carbocycles. The fourth-order valence-corrected chi connectivity index (χ4v) is 3.18. The lowest BCUT2D eigenvalue weighted by molar-refractivity contribution is 0.0999. The SMILES string of the molecule is NC(=O)c1cc(NC2CCSCC2)cc(C(N)=O)c1. The van der Waals surface area contributed by atoms with E-state index in [1.54, 1.807) is 12.1 Å². The third-order valence-electron chi connectivity index (χ3n) is 3.09. The number of nitrogens with two attached hydrogens (primary N) is 2. The number of amides is 2. The summed E-state index contributed by atoms with van der Waals surface area (Å²) < 4.78 is 0. The molecule has 1 saturated heterocycles. The van der Waals surface area contributed by atoms with Crippen LogP contribution in [0.4, 0.5) is 5.69 Å². The molecule has 0 unspecified atom stereocenters. The molecule has 1 fully saturated rings. The molecule has 5 nitrogen and oxygen atoms in total. The normalized spacial score (nSPS) is 16.0. The summed E-state index contributed by atoms with van der Waals surface area (Å²) >= 11 is 1.94. The Morgan fingerprint density at radius 1 is 1.05 bits per heavy atom. The van der Waals surface area contributed by atoms with Crippen molar-refractivity contribution in [1.82, 2.24) is 0 Å². The highest BCUT2D eigenvalue weighted by Gasteiger charge is 2.15. The molecule has 1 aliphatic heterocycles. The minimum atomic E-state index is -0.564. The maximum atomic E-state index is 11.3. The Kier molecular flexibility index (Phi) is 4.31. The van der Waals surface area contributed by atoms with Crippen LogP contribution >= 0.6 is 11.8 Å². The van der Waals surface area contributed by atoms with Gasteiger partial charge in [-0.05, 0) is 42.5 Å². The van der Waals surface area contributed by atoms with Crippen molar-refractivity contribution in [2.24, 2.45) is 11.5 Å². The van der Waals surface area contributed by atoms with E-state index < -0.39 is 11.8 Å². The van der Waals surface area contributed by atoms with E-state index in [9.17, 15) is 9.59 Å². The first-order chi connectivity index (χ1) is 9.06. The Morgan fingerprint density at radius 3 is 2.05 bits per heavy atom. The first kappa shape index (κ1) is 13.7. The fourth-order valence-electron chi connectivity index (χ4n) is 2.07. The van der Waals surface area contributed by atoms with Gasteiger partial charge in [-0.1, -0.05) is 0 Å².